The quantitative estimate of drug-likeness (QED) is 0.484. The fourth-order valence-corrected chi connectivity index (χ4v) is 3.37. The van der Waals surface area contributed by atoms with Crippen molar-refractivity contribution >= 4 is 5.91 Å². The summed E-state index contributed by atoms with van der Waals surface area (Å²) in [6.07, 6.45) is -0.590. The molecule has 3 rings (SSSR count). The maximum atomic E-state index is 13.1. The fourth-order valence-electron chi connectivity index (χ4n) is 3.37. The molecule has 0 aliphatic rings. The van der Waals surface area contributed by atoms with E-state index in [1.165, 1.54) is 12.1 Å². The first kappa shape index (κ1) is 22.3. The number of pyridine rings is 1. The Balaban J connectivity index is 1.99. The molecule has 0 spiro atoms. The second-order valence-electron chi connectivity index (χ2n) is 7.23. The van der Waals surface area contributed by atoms with E-state index in [4.69, 9.17) is 0 Å². The van der Waals surface area contributed by atoms with E-state index in [1.807, 2.05) is 36.4 Å². The summed E-state index contributed by atoms with van der Waals surface area (Å²) in [6.45, 7) is 5.55. The van der Waals surface area contributed by atoms with Crippen LogP contribution in [0.5, 0.6) is 0 Å². The highest BCUT2D eigenvalue weighted by molar-refractivity contribution is 5.84. The molecule has 1 aromatic heterocycles. The Morgan fingerprint density at radius 1 is 1.03 bits per heavy atom. The van der Waals surface area contributed by atoms with Crippen LogP contribution in [0.3, 0.4) is 0 Å². The Morgan fingerprint density at radius 2 is 1.71 bits per heavy atom. The summed E-state index contributed by atoms with van der Waals surface area (Å²) in [7, 11) is 0. The number of alkyl halides is 3. The molecule has 0 bridgehead atoms. The van der Waals surface area contributed by atoms with Gasteiger partial charge in [0, 0.05) is 6.20 Å². The lowest BCUT2D eigenvalue weighted by atomic mass is 9.95. The molecule has 0 radical (unpaired) electrons. The van der Waals surface area contributed by atoms with Crippen molar-refractivity contribution in [3.63, 3.8) is 0 Å². The number of carbonyl (C=O) groups is 1. The van der Waals surface area contributed by atoms with Crippen LogP contribution in [0.4, 0.5) is 13.2 Å². The van der Waals surface area contributed by atoms with Gasteiger partial charge in [-0.2, -0.15) is 13.2 Å². The van der Waals surface area contributed by atoms with Crippen molar-refractivity contribution in [1.29, 1.82) is 0 Å². The third-order valence-electron chi connectivity index (χ3n) is 5.11. The molecule has 0 saturated heterocycles. The normalized spacial score (nSPS) is 13.3. The molecule has 3 aromatic rings. The number of hydrogen-bond acceptors (Lipinski definition) is 2. The minimum Gasteiger partial charge on any atom is -0.343 e. The molecule has 1 N–H and O–H groups in total. The third-order valence-corrected chi connectivity index (χ3v) is 5.11. The average molecular weight is 424 g/mol. The Kier molecular flexibility index (Phi) is 6.90. The summed E-state index contributed by atoms with van der Waals surface area (Å²) >= 11 is 0. The molecule has 3 nitrogen and oxygen atoms in total. The summed E-state index contributed by atoms with van der Waals surface area (Å²) < 4.78 is 39.1. The molecule has 2 atom stereocenters. The van der Waals surface area contributed by atoms with E-state index in [0.29, 0.717) is 17.7 Å². The molecular formula is C25H23F3N2O. The number of allylic oxidation sites excluding steroid dienone is 1. The van der Waals surface area contributed by atoms with Gasteiger partial charge in [-0.05, 0) is 48.2 Å². The van der Waals surface area contributed by atoms with Gasteiger partial charge in [-0.15, -0.1) is 6.58 Å². The topological polar surface area (TPSA) is 42.0 Å². The van der Waals surface area contributed by atoms with Gasteiger partial charge in [0.05, 0.1) is 23.2 Å². The van der Waals surface area contributed by atoms with E-state index in [1.54, 1.807) is 25.3 Å². The number of rotatable bonds is 7. The van der Waals surface area contributed by atoms with E-state index in [2.05, 4.69) is 16.9 Å². The predicted octanol–water partition coefficient (Wildman–Crippen LogP) is 5.84. The highest BCUT2D eigenvalue weighted by Crippen LogP contribution is 2.32. The first-order valence-electron chi connectivity index (χ1n) is 9.88. The van der Waals surface area contributed by atoms with Gasteiger partial charge >= 0.3 is 6.18 Å². The van der Waals surface area contributed by atoms with Gasteiger partial charge in [0.1, 0.15) is 0 Å². The number of hydrogen-bond donors (Lipinski definition) is 1. The number of halogens is 3. The van der Waals surface area contributed by atoms with Gasteiger partial charge in [0.25, 0.3) is 0 Å². The summed E-state index contributed by atoms with van der Waals surface area (Å²) in [5, 5.41) is 2.99. The second-order valence-corrected chi connectivity index (χ2v) is 7.23. The molecule has 160 valence electrons. The van der Waals surface area contributed by atoms with Crippen LogP contribution in [-0.4, -0.2) is 10.9 Å². The molecule has 0 saturated carbocycles. The number of amides is 1. The van der Waals surface area contributed by atoms with Crippen LogP contribution in [-0.2, 0) is 17.4 Å². The van der Waals surface area contributed by atoms with Crippen molar-refractivity contribution in [3.05, 3.63) is 114 Å². The van der Waals surface area contributed by atoms with Crippen molar-refractivity contribution < 1.29 is 18.0 Å². The van der Waals surface area contributed by atoms with Crippen LogP contribution in [0.15, 0.2) is 85.6 Å². The van der Waals surface area contributed by atoms with Gasteiger partial charge in [0.15, 0.2) is 0 Å². The minimum atomic E-state index is -4.43. The molecule has 31 heavy (non-hydrogen) atoms. The van der Waals surface area contributed by atoms with Crippen molar-refractivity contribution in [2.75, 3.05) is 0 Å². The summed E-state index contributed by atoms with van der Waals surface area (Å²) in [4.78, 5) is 17.5. The van der Waals surface area contributed by atoms with Crippen LogP contribution in [0.25, 0.3) is 0 Å². The minimum absolute atomic E-state index is 0.244. The first-order chi connectivity index (χ1) is 14.8. The molecule has 0 aliphatic heterocycles. The fraction of sp³-hybridized carbons (Fsp3) is 0.200. The van der Waals surface area contributed by atoms with Crippen molar-refractivity contribution in [3.8, 4) is 0 Å². The number of nitrogens with zero attached hydrogens (tertiary/aromatic N) is 1. The maximum Gasteiger partial charge on any atom is 0.416 e. The third kappa shape index (κ3) is 5.40. The van der Waals surface area contributed by atoms with Crippen LogP contribution >= 0.6 is 0 Å². The van der Waals surface area contributed by atoms with E-state index in [-0.39, 0.29) is 5.91 Å². The average Bonchev–Trinajstić information content (AvgIpc) is 2.78. The zero-order valence-electron chi connectivity index (χ0n) is 17.1. The summed E-state index contributed by atoms with van der Waals surface area (Å²) in [6, 6.07) is 17.1. The second kappa shape index (κ2) is 9.60. The summed E-state index contributed by atoms with van der Waals surface area (Å²) in [5.41, 5.74) is 2.04. The van der Waals surface area contributed by atoms with Crippen molar-refractivity contribution in [2.24, 2.45) is 0 Å². The van der Waals surface area contributed by atoms with Crippen molar-refractivity contribution in [2.45, 2.75) is 31.5 Å². The van der Waals surface area contributed by atoms with E-state index in [0.717, 1.165) is 23.3 Å². The number of benzene rings is 2. The summed E-state index contributed by atoms with van der Waals surface area (Å²) in [5.74, 6) is -0.684. The van der Waals surface area contributed by atoms with E-state index in [9.17, 15) is 18.0 Å². The molecule has 0 unspecified atom stereocenters. The van der Waals surface area contributed by atoms with Gasteiger partial charge in [-0.3, -0.25) is 9.78 Å². The smallest absolute Gasteiger partial charge is 0.343 e. The molecule has 1 heterocycles. The maximum absolute atomic E-state index is 13.1. The lowest BCUT2D eigenvalue weighted by Crippen LogP contribution is -2.33. The van der Waals surface area contributed by atoms with E-state index >= 15 is 0 Å². The largest absolute Gasteiger partial charge is 0.416 e. The predicted molar refractivity (Wildman–Crippen MR) is 114 cm³/mol. The highest BCUT2D eigenvalue weighted by Gasteiger charge is 2.31. The SMILES string of the molecule is C=CCc1cccnc1[C@@H](NC(=O)[C@@H](C)c1ccccc1)c1ccc(C(F)(F)F)cc1. The molecular weight excluding hydrogens is 401 g/mol. The Bertz CT molecular complexity index is 1030. The number of aromatic nitrogens is 1. The Hall–Kier alpha value is -3.41. The van der Waals surface area contributed by atoms with Crippen LogP contribution in [0.1, 0.15) is 46.8 Å². The Labute approximate surface area is 179 Å². The number of nitrogens with one attached hydrogen (secondary N) is 1. The zero-order valence-corrected chi connectivity index (χ0v) is 17.1. The molecule has 6 heteroatoms. The van der Waals surface area contributed by atoms with Crippen LogP contribution < -0.4 is 5.32 Å². The first-order valence-corrected chi connectivity index (χ1v) is 9.88. The lowest BCUT2D eigenvalue weighted by molar-refractivity contribution is -0.137. The van der Waals surface area contributed by atoms with Crippen LogP contribution in [0.2, 0.25) is 0 Å². The lowest BCUT2D eigenvalue weighted by Gasteiger charge is -2.23. The zero-order chi connectivity index (χ0) is 22.4. The van der Waals surface area contributed by atoms with Gasteiger partial charge in [-0.25, -0.2) is 0 Å². The molecule has 0 fully saturated rings. The van der Waals surface area contributed by atoms with Gasteiger partial charge in [0.2, 0.25) is 5.91 Å². The van der Waals surface area contributed by atoms with Crippen molar-refractivity contribution in [1.82, 2.24) is 10.3 Å². The molecule has 2 aromatic carbocycles. The Morgan fingerprint density at radius 3 is 2.32 bits per heavy atom. The van der Waals surface area contributed by atoms with E-state index < -0.39 is 23.7 Å². The molecule has 1 amide bonds. The molecule has 0 aliphatic carbocycles. The highest BCUT2D eigenvalue weighted by atomic mass is 19.4. The standard InChI is InChI=1S/C25H23F3N2O/c1-3-8-19-11-7-16-29-22(19)23(20-12-14-21(15-13-20)25(26,27)28)30-24(31)17(2)18-9-5-4-6-10-18/h3-7,9-17,23H,1,8H2,2H3,(H,30,31)/t17-,23-/m0/s1. The monoisotopic (exact) mass is 424 g/mol. The van der Waals surface area contributed by atoms with Gasteiger partial charge in [-0.1, -0.05) is 54.6 Å². The van der Waals surface area contributed by atoms with Gasteiger partial charge < -0.3 is 5.32 Å². The number of carbonyl (C=O) groups excluding carboxylic acids is 1. The van der Waals surface area contributed by atoms with Crippen LogP contribution in [0, 0.1) is 0 Å².